The minimum absolute atomic E-state index is 0.483. The lowest BCUT2D eigenvalue weighted by atomic mass is 10.3. The van der Waals surface area contributed by atoms with Gasteiger partial charge in [0.15, 0.2) is 0 Å². The van der Waals surface area contributed by atoms with Crippen LogP contribution in [0.25, 0.3) is 0 Å². The highest BCUT2D eigenvalue weighted by Crippen LogP contribution is 1.99. The van der Waals surface area contributed by atoms with Gasteiger partial charge in [-0.1, -0.05) is 6.92 Å². The zero-order valence-electron chi connectivity index (χ0n) is 13.3. The molecule has 1 fully saturated rings. The fourth-order valence-corrected chi connectivity index (χ4v) is 3.15. The third kappa shape index (κ3) is 8.08. The molecule has 126 valence electrons. The lowest BCUT2D eigenvalue weighted by Crippen LogP contribution is -2.41. The minimum atomic E-state index is -3.34. The Morgan fingerprint density at radius 2 is 1.90 bits per heavy atom. The van der Waals surface area contributed by atoms with E-state index in [9.17, 15) is 8.42 Å². The van der Waals surface area contributed by atoms with Gasteiger partial charge >= 0.3 is 0 Å². The van der Waals surface area contributed by atoms with E-state index in [0.717, 1.165) is 58.8 Å². The molecular formula is C13H30N4O3S. The molecule has 0 aliphatic carbocycles. The maximum atomic E-state index is 12.0. The zero-order valence-corrected chi connectivity index (χ0v) is 14.1. The summed E-state index contributed by atoms with van der Waals surface area (Å²) in [6.07, 6.45) is 1.64. The maximum absolute atomic E-state index is 12.0. The van der Waals surface area contributed by atoms with Crippen LogP contribution in [-0.2, 0) is 14.9 Å². The Labute approximate surface area is 129 Å². The van der Waals surface area contributed by atoms with Crippen LogP contribution >= 0.6 is 0 Å². The van der Waals surface area contributed by atoms with Gasteiger partial charge in [0, 0.05) is 33.2 Å². The molecule has 0 amide bonds. The van der Waals surface area contributed by atoms with E-state index in [1.807, 2.05) is 6.92 Å². The standard InChI is InChI=1S/C13H30N4O3S/c1-3-14-6-4-8-16(2)21(18,19)15-7-5-9-17-10-12-20-13-11-17/h14-15H,3-13H2,1-2H3. The van der Waals surface area contributed by atoms with Crippen molar-refractivity contribution in [1.29, 1.82) is 0 Å². The number of nitrogens with zero attached hydrogens (tertiary/aromatic N) is 2. The lowest BCUT2D eigenvalue weighted by molar-refractivity contribution is 0.0376. The van der Waals surface area contributed by atoms with Crippen LogP contribution in [-0.4, -0.2) is 83.7 Å². The molecule has 0 saturated carbocycles. The van der Waals surface area contributed by atoms with Crippen LogP contribution in [0.1, 0.15) is 19.8 Å². The second-order valence-electron chi connectivity index (χ2n) is 5.24. The monoisotopic (exact) mass is 322 g/mol. The predicted molar refractivity (Wildman–Crippen MR) is 84.6 cm³/mol. The van der Waals surface area contributed by atoms with Gasteiger partial charge in [-0.3, -0.25) is 4.90 Å². The van der Waals surface area contributed by atoms with Gasteiger partial charge < -0.3 is 10.1 Å². The average molecular weight is 322 g/mol. The first kappa shape index (κ1) is 18.8. The average Bonchev–Trinajstić information content (AvgIpc) is 2.49. The molecule has 1 rings (SSSR count). The third-order valence-electron chi connectivity index (χ3n) is 3.53. The molecule has 0 radical (unpaired) electrons. The first-order chi connectivity index (χ1) is 10.1. The Bertz CT molecular complexity index is 358. The van der Waals surface area contributed by atoms with Crippen LogP contribution in [0.5, 0.6) is 0 Å². The SMILES string of the molecule is CCNCCCN(C)S(=O)(=O)NCCCN1CCOCC1. The normalized spacial score (nSPS) is 17.5. The zero-order chi connectivity index (χ0) is 15.6. The van der Waals surface area contributed by atoms with Gasteiger partial charge in [0.25, 0.3) is 10.2 Å². The second kappa shape index (κ2) is 10.5. The maximum Gasteiger partial charge on any atom is 0.279 e. The molecular weight excluding hydrogens is 292 g/mol. The lowest BCUT2D eigenvalue weighted by Gasteiger charge is -2.26. The van der Waals surface area contributed by atoms with Crippen LogP contribution < -0.4 is 10.0 Å². The highest BCUT2D eigenvalue weighted by molar-refractivity contribution is 7.87. The van der Waals surface area contributed by atoms with Crippen molar-refractivity contribution >= 4 is 10.2 Å². The van der Waals surface area contributed by atoms with Crippen molar-refractivity contribution in [1.82, 2.24) is 19.2 Å². The summed E-state index contributed by atoms with van der Waals surface area (Å²) >= 11 is 0. The van der Waals surface area contributed by atoms with Crippen LogP contribution in [0.15, 0.2) is 0 Å². The summed E-state index contributed by atoms with van der Waals surface area (Å²) in [6.45, 7) is 9.16. The summed E-state index contributed by atoms with van der Waals surface area (Å²) in [5, 5.41) is 3.19. The van der Waals surface area contributed by atoms with Gasteiger partial charge in [0.2, 0.25) is 0 Å². The Kier molecular flexibility index (Phi) is 9.37. The van der Waals surface area contributed by atoms with Crippen LogP contribution in [0, 0.1) is 0 Å². The van der Waals surface area contributed by atoms with E-state index in [1.54, 1.807) is 7.05 Å². The minimum Gasteiger partial charge on any atom is -0.379 e. The first-order valence-electron chi connectivity index (χ1n) is 7.78. The van der Waals surface area contributed by atoms with E-state index in [0.29, 0.717) is 13.1 Å². The van der Waals surface area contributed by atoms with Crippen molar-refractivity contribution in [3.8, 4) is 0 Å². The Morgan fingerprint density at radius 3 is 2.57 bits per heavy atom. The van der Waals surface area contributed by atoms with Crippen molar-refractivity contribution in [3.05, 3.63) is 0 Å². The molecule has 21 heavy (non-hydrogen) atoms. The molecule has 0 spiro atoms. The van der Waals surface area contributed by atoms with E-state index >= 15 is 0 Å². The van der Waals surface area contributed by atoms with Gasteiger partial charge in [-0.25, -0.2) is 4.72 Å². The summed E-state index contributed by atoms with van der Waals surface area (Å²) in [5.74, 6) is 0. The molecule has 0 bridgehead atoms. The molecule has 1 aliphatic heterocycles. The highest BCUT2D eigenvalue weighted by Gasteiger charge is 2.16. The number of ether oxygens (including phenoxy) is 1. The number of hydrogen-bond donors (Lipinski definition) is 2. The number of morpholine rings is 1. The van der Waals surface area contributed by atoms with Crippen molar-refractivity contribution in [2.45, 2.75) is 19.8 Å². The molecule has 1 heterocycles. The quantitative estimate of drug-likeness (QED) is 0.501. The molecule has 2 N–H and O–H groups in total. The van der Waals surface area contributed by atoms with Gasteiger partial charge in [-0.15, -0.1) is 0 Å². The van der Waals surface area contributed by atoms with Crippen molar-refractivity contribution in [3.63, 3.8) is 0 Å². The Balaban J connectivity index is 2.13. The number of nitrogens with one attached hydrogen (secondary N) is 2. The fourth-order valence-electron chi connectivity index (χ4n) is 2.16. The molecule has 0 aromatic carbocycles. The smallest absolute Gasteiger partial charge is 0.279 e. The fraction of sp³-hybridized carbons (Fsp3) is 1.00. The Morgan fingerprint density at radius 1 is 1.19 bits per heavy atom. The summed E-state index contributed by atoms with van der Waals surface area (Å²) in [6, 6.07) is 0. The molecule has 7 nitrogen and oxygen atoms in total. The summed E-state index contributed by atoms with van der Waals surface area (Å²) in [5.41, 5.74) is 0. The van der Waals surface area contributed by atoms with Crippen LogP contribution in [0.3, 0.4) is 0 Å². The molecule has 1 saturated heterocycles. The molecule has 1 aliphatic rings. The highest BCUT2D eigenvalue weighted by atomic mass is 32.2. The summed E-state index contributed by atoms with van der Waals surface area (Å²) in [4.78, 5) is 2.30. The molecule has 0 unspecified atom stereocenters. The second-order valence-corrected chi connectivity index (χ2v) is 7.10. The largest absolute Gasteiger partial charge is 0.379 e. The molecule has 0 aromatic heterocycles. The van der Waals surface area contributed by atoms with Gasteiger partial charge in [0.1, 0.15) is 0 Å². The van der Waals surface area contributed by atoms with E-state index in [2.05, 4.69) is 14.9 Å². The first-order valence-corrected chi connectivity index (χ1v) is 9.22. The van der Waals surface area contributed by atoms with E-state index < -0.39 is 10.2 Å². The predicted octanol–water partition coefficient (Wildman–Crippen LogP) is -0.525. The van der Waals surface area contributed by atoms with Crippen LogP contribution in [0.2, 0.25) is 0 Å². The van der Waals surface area contributed by atoms with Crippen molar-refractivity contribution in [2.75, 3.05) is 66.1 Å². The number of hydrogen-bond acceptors (Lipinski definition) is 5. The molecule has 0 atom stereocenters. The molecule has 8 heteroatoms. The summed E-state index contributed by atoms with van der Waals surface area (Å²) < 4.78 is 33.3. The van der Waals surface area contributed by atoms with Gasteiger partial charge in [-0.2, -0.15) is 12.7 Å². The summed E-state index contributed by atoms with van der Waals surface area (Å²) in [7, 11) is -1.72. The van der Waals surface area contributed by atoms with Gasteiger partial charge in [0.05, 0.1) is 13.2 Å². The number of rotatable bonds is 11. The Hall–Kier alpha value is -0.250. The molecule has 0 aromatic rings. The van der Waals surface area contributed by atoms with Crippen molar-refractivity contribution < 1.29 is 13.2 Å². The van der Waals surface area contributed by atoms with E-state index in [4.69, 9.17) is 4.74 Å². The van der Waals surface area contributed by atoms with Crippen molar-refractivity contribution in [2.24, 2.45) is 0 Å². The van der Waals surface area contributed by atoms with Crippen LogP contribution in [0.4, 0.5) is 0 Å². The van der Waals surface area contributed by atoms with Gasteiger partial charge in [-0.05, 0) is 32.5 Å². The third-order valence-corrected chi connectivity index (χ3v) is 5.10. The van der Waals surface area contributed by atoms with E-state index in [-0.39, 0.29) is 0 Å². The topological polar surface area (TPSA) is 73.9 Å². The van der Waals surface area contributed by atoms with E-state index in [1.165, 1.54) is 4.31 Å².